The van der Waals surface area contributed by atoms with Crippen LogP contribution in [-0.4, -0.2) is 37.2 Å². The van der Waals surface area contributed by atoms with Crippen LogP contribution in [0.3, 0.4) is 0 Å². The fourth-order valence-electron chi connectivity index (χ4n) is 1.79. The van der Waals surface area contributed by atoms with Crippen molar-refractivity contribution < 1.29 is 4.74 Å². The van der Waals surface area contributed by atoms with Gasteiger partial charge in [-0.2, -0.15) is 0 Å². The highest BCUT2D eigenvalue weighted by Gasteiger charge is 2.17. The third-order valence-corrected chi connectivity index (χ3v) is 3.04. The van der Waals surface area contributed by atoms with Gasteiger partial charge in [0, 0.05) is 26.2 Å². The van der Waals surface area contributed by atoms with Gasteiger partial charge in [-0.05, 0) is 25.7 Å². The molecule has 0 aliphatic carbocycles. The second-order valence-electron chi connectivity index (χ2n) is 4.87. The van der Waals surface area contributed by atoms with Crippen LogP contribution in [0, 0.1) is 5.92 Å². The van der Waals surface area contributed by atoms with E-state index in [0.717, 1.165) is 18.9 Å². The molecule has 0 radical (unpaired) electrons. The molecule has 0 rings (SSSR count). The van der Waals surface area contributed by atoms with Gasteiger partial charge in [0.2, 0.25) is 0 Å². The molecule has 2 nitrogen and oxygen atoms in total. The van der Waals surface area contributed by atoms with E-state index >= 15 is 0 Å². The van der Waals surface area contributed by atoms with Crippen molar-refractivity contribution >= 4 is 0 Å². The number of nitrogens with zero attached hydrogens (tertiary/aromatic N) is 1. The van der Waals surface area contributed by atoms with E-state index in [9.17, 15) is 0 Å². The van der Waals surface area contributed by atoms with Gasteiger partial charge in [0.05, 0.1) is 6.10 Å². The molecule has 0 saturated heterocycles. The first-order chi connectivity index (χ1) is 7.04. The Kier molecular flexibility index (Phi) is 8.07. The zero-order chi connectivity index (χ0) is 11.8. The van der Waals surface area contributed by atoms with E-state index in [2.05, 4.69) is 39.5 Å². The van der Waals surface area contributed by atoms with Gasteiger partial charge in [-0.15, -0.1) is 0 Å². The molecule has 92 valence electrons. The van der Waals surface area contributed by atoms with Crippen LogP contribution in [0.5, 0.6) is 0 Å². The summed E-state index contributed by atoms with van der Waals surface area (Å²) in [6.45, 7) is 13.6. The zero-order valence-corrected chi connectivity index (χ0v) is 11.4. The van der Waals surface area contributed by atoms with E-state index in [1.54, 1.807) is 0 Å². The third kappa shape index (κ3) is 6.16. The molecular weight excluding hydrogens is 186 g/mol. The van der Waals surface area contributed by atoms with Crippen molar-refractivity contribution in [3.8, 4) is 0 Å². The Labute approximate surface area is 96.0 Å². The molecule has 0 amide bonds. The lowest BCUT2D eigenvalue weighted by molar-refractivity contribution is 0.0432. The molecule has 2 heteroatoms. The average Bonchev–Trinajstić information content (AvgIpc) is 2.22. The highest BCUT2D eigenvalue weighted by atomic mass is 16.5. The summed E-state index contributed by atoms with van der Waals surface area (Å²) in [6, 6.07) is 0.664. The van der Waals surface area contributed by atoms with Gasteiger partial charge in [0.25, 0.3) is 0 Å². The Morgan fingerprint density at radius 1 is 1.00 bits per heavy atom. The molecule has 15 heavy (non-hydrogen) atoms. The number of methoxy groups -OCH3 is 1. The van der Waals surface area contributed by atoms with Crippen LogP contribution in [0.25, 0.3) is 0 Å². The Balaban J connectivity index is 4.22. The first kappa shape index (κ1) is 14.9. The van der Waals surface area contributed by atoms with Gasteiger partial charge in [-0.3, -0.25) is 4.90 Å². The molecule has 0 fully saturated rings. The molecule has 0 spiro atoms. The Hall–Kier alpha value is -0.0800. The van der Waals surface area contributed by atoms with Crippen molar-refractivity contribution in [1.82, 2.24) is 4.90 Å². The topological polar surface area (TPSA) is 12.5 Å². The van der Waals surface area contributed by atoms with Crippen LogP contribution in [0.2, 0.25) is 0 Å². The molecular formula is C13H29NO. The summed E-state index contributed by atoms with van der Waals surface area (Å²) >= 11 is 0. The maximum atomic E-state index is 5.46. The van der Waals surface area contributed by atoms with Crippen molar-refractivity contribution in [3.63, 3.8) is 0 Å². The minimum atomic E-state index is 0.387. The van der Waals surface area contributed by atoms with E-state index in [-0.39, 0.29) is 0 Å². The minimum Gasteiger partial charge on any atom is -0.380 e. The van der Waals surface area contributed by atoms with Crippen LogP contribution in [0.1, 0.15) is 47.5 Å². The van der Waals surface area contributed by atoms with Gasteiger partial charge in [0.15, 0.2) is 0 Å². The second-order valence-corrected chi connectivity index (χ2v) is 4.87. The van der Waals surface area contributed by atoms with Crippen molar-refractivity contribution in [2.45, 2.75) is 59.6 Å². The molecule has 0 N–H and O–H groups in total. The SMILES string of the molecule is CCC(CN(CC(C)C)C(C)CC)OC. The lowest BCUT2D eigenvalue weighted by Crippen LogP contribution is -2.41. The van der Waals surface area contributed by atoms with Crippen LogP contribution in [0.15, 0.2) is 0 Å². The molecule has 0 aliphatic heterocycles. The monoisotopic (exact) mass is 215 g/mol. The molecule has 0 saturated carbocycles. The van der Waals surface area contributed by atoms with Gasteiger partial charge < -0.3 is 4.74 Å². The van der Waals surface area contributed by atoms with Gasteiger partial charge in [-0.25, -0.2) is 0 Å². The van der Waals surface area contributed by atoms with Gasteiger partial charge >= 0.3 is 0 Å². The number of rotatable bonds is 8. The van der Waals surface area contributed by atoms with Crippen LogP contribution < -0.4 is 0 Å². The van der Waals surface area contributed by atoms with E-state index < -0.39 is 0 Å². The van der Waals surface area contributed by atoms with Crippen molar-refractivity contribution in [2.75, 3.05) is 20.2 Å². The highest BCUT2D eigenvalue weighted by molar-refractivity contribution is 4.71. The second kappa shape index (κ2) is 8.12. The number of hydrogen-bond donors (Lipinski definition) is 0. The van der Waals surface area contributed by atoms with E-state index in [1.165, 1.54) is 13.0 Å². The fourth-order valence-corrected chi connectivity index (χ4v) is 1.79. The molecule has 0 aromatic carbocycles. The summed E-state index contributed by atoms with van der Waals surface area (Å²) in [5, 5.41) is 0. The van der Waals surface area contributed by atoms with E-state index in [0.29, 0.717) is 12.1 Å². The predicted molar refractivity (Wildman–Crippen MR) is 67.3 cm³/mol. The molecule has 0 aromatic rings. The normalized spacial score (nSPS) is 16.0. The first-order valence-electron chi connectivity index (χ1n) is 6.31. The summed E-state index contributed by atoms with van der Waals surface area (Å²) in [4.78, 5) is 2.56. The molecule has 0 aromatic heterocycles. The Bertz CT molecular complexity index is 143. The van der Waals surface area contributed by atoms with Crippen molar-refractivity contribution in [3.05, 3.63) is 0 Å². The lowest BCUT2D eigenvalue weighted by Gasteiger charge is -2.32. The average molecular weight is 215 g/mol. The van der Waals surface area contributed by atoms with Gasteiger partial charge in [-0.1, -0.05) is 27.7 Å². The van der Waals surface area contributed by atoms with E-state index in [4.69, 9.17) is 4.74 Å². The lowest BCUT2D eigenvalue weighted by atomic mass is 10.1. The van der Waals surface area contributed by atoms with Crippen molar-refractivity contribution in [1.29, 1.82) is 0 Å². The quantitative estimate of drug-likeness (QED) is 0.616. The standard InChI is InChI=1S/C13H29NO/c1-7-12(5)14(9-11(3)4)10-13(8-2)15-6/h11-13H,7-10H2,1-6H3. The molecule has 0 heterocycles. The predicted octanol–water partition coefficient (Wildman–Crippen LogP) is 3.17. The molecule has 2 unspecified atom stereocenters. The Morgan fingerprint density at radius 2 is 1.60 bits per heavy atom. The third-order valence-electron chi connectivity index (χ3n) is 3.04. The van der Waals surface area contributed by atoms with Gasteiger partial charge in [0.1, 0.15) is 0 Å². The van der Waals surface area contributed by atoms with E-state index in [1.807, 2.05) is 7.11 Å². The fraction of sp³-hybridized carbons (Fsp3) is 1.00. The summed E-state index contributed by atoms with van der Waals surface area (Å²) in [7, 11) is 1.82. The first-order valence-corrected chi connectivity index (χ1v) is 6.31. The maximum Gasteiger partial charge on any atom is 0.0695 e. The summed E-state index contributed by atoms with van der Waals surface area (Å²) in [6.07, 6.45) is 2.70. The summed E-state index contributed by atoms with van der Waals surface area (Å²) in [5.41, 5.74) is 0. The number of hydrogen-bond acceptors (Lipinski definition) is 2. The smallest absolute Gasteiger partial charge is 0.0695 e. The maximum absolute atomic E-state index is 5.46. The summed E-state index contributed by atoms with van der Waals surface area (Å²) < 4.78 is 5.46. The summed E-state index contributed by atoms with van der Waals surface area (Å²) in [5.74, 6) is 0.730. The Morgan fingerprint density at radius 3 is 1.93 bits per heavy atom. The number of ether oxygens (including phenoxy) is 1. The molecule has 0 aliphatic rings. The highest BCUT2D eigenvalue weighted by Crippen LogP contribution is 2.10. The zero-order valence-electron chi connectivity index (χ0n) is 11.4. The molecule has 0 bridgehead atoms. The van der Waals surface area contributed by atoms with Crippen LogP contribution >= 0.6 is 0 Å². The van der Waals surface area contributed by atoms with Crippen LogP contribution in [-0.2, 0) is 4.74 Å². The van der Waals surface area contributed by atoms with Crippen molar-refractivity contribution in [2.24, 2.45) is 5.92 Å². The minimum absolute atomic E-state index is 0.387. The largest absolute Gasteiger partial charge is 0.380 e. The van der Waals surface area contributed by atoms with Crippen LogP contribution in [0.4, 0.5) is 0 Å². The molecule has 2 atom stereocenters.